The normalized spacial score (nSPS) is 20.1. The van der Waals surface area contributed by atoms with Gasteiger partial charge in [-0.25, -0.2) is 9.59 Å². The van der Waals surface area contributed by atoms with Crippen LogP contribution in [0.3, 0.4) is 0 Å². The van der Waals surface area contributed by atoms with E-state index < -0.39 is 17.7 Å². The van der Waals surface area contributed by atoms with Gasteiger partial charge < -0.3 is 14.2 Å². The molecule has 1 saturated heterocycles. The highest BCUT2D eigenvalue weighted by Crippen LogP contribution is 2.29. The minimum atomic E-state index is -0.750. The zero-order chi connectivity index (χ0) is 12.2. The molecule has 88 valence electrons. The van der Waals surface area contributed by atoms with Gasteiger partial charge >= 0.3 is 12.1 Å². The van der Waals surface area contributed by atoms with E-state index in [9.17, 15) is 9.59 Å². The molecule has 0 bridgehead atoms. The Morgan fingerprint density at radius 1 is 1.56 bits per heavy atom. The van der Waals surface area contributed by atoms with Gasteiger partial charge in [-0.3, -0.25) is 0 Å². The largest absolute Gasteiger partial charge is 0.514 e. The van der Waals surface area contributed by atoms with Gasteiger partial charge in [-0.15, -0.1) is 0 Å². The maximum absolute atomic E-state index is 10.9. The van der Waals surface area contributed by atoms with Gasteiger partial charge in [0.1, 0.15) is 0 Å². The smallest absolute Gasteiger partial charge is 0.462 e. The van der Waals surface area contributed by atoms with Crippen molar-refractivity contribution in [2.45, 2.75) is 25.9 Å². The van der Waals surface area contributed by atoms with Crippen LogP contribution >= 0.6 is 0 Å². The number of cyclic esters (lactones) is 2. The molecule has 0 aromatic carbocycles. The molecule has 1 aliphatic rings. The van der Waals surface area contributed by atoms with E-state index in [4.69, 9.17) is 14.2 Å². The van der Waals surface area contributed by atoms with E-state index in [0.717, 1.165) is 6.08 Å². The number of ether oxygens (including phenoxy) is 3. The molecule has 0 aromatic rings. The first kappa shape index (κ1) is 12.3. The highest BCUT2D eigenvalue weighted by molar-refractivity contribution is 5.81. The molecule has 1 aliphatic heterocycles. The number of esters is 1. The zero-order valence-corrected chi connectivity index (χ0v) is 9.32. The molecule has 0 spiro atoms. The minimum absolute atomic E-state index is 0.210. The van der Waals surface area contributed by atoms with Gasteiger partial charge in [-0.2, -0.15) is 0 Å². The molecule has 1 heterocycles. The van der Waals surface area contributed by atoms with Crippen molar-refractivity contribution in [2.75, 3.05) is 6.61 Å². The number of hydrogen-bond acceptors (Lipinski definition) is 5. The third-order valence-electron chi connectivity index (χ3n) is 1.98. The van der Waals surface area contributed by atoms with Crippen LogP contribution in [0.25, 0.3) is 0 Å². The van der Waals surface area contributed by atoms with Crippen molar-refractivity contribution in [2.24, 2.45) is 0 Å². The monoisotopic (exact) mass is 226 g/mol. The molecule has 0 aromatic heterocycles. The van der Waals surface area contributed by atoms with E-state index in [1.54, 1.807) is 19.9 Å². The first-order chi connectivity index (χ1) is 7.45. The summed E-state index contributed by atoms with van der Waals surface area (Å²) in [5.41, 5.74) is -0.750. The molecule has 16 heavy (non-hydrogen) atoms. The van der Waals surface area contributed by atoms with E-state index in [1.807, 2.05) is 0 Å². The first-order valence-electron chi connectivity index (χ1n) is 4.86. The molecule has 0 saturated carbocycles. The summed E-state index contributed by atoms with van der Waals surface area (Å²) in [4.78, 5) is 21.6. The fourth-order valence-corrected chi connectivity index (χ4v) is 1.19. The molecule has 0 radical (unpaired) electrons. The lowest BCUT2D eigenvalue weighted by Crippen LogP contribution is -2.20. The van der Waals surface area contributed by atoms with Crippen molar-refractivity contribution < 1.29 is 23.8 Å². The SMILES string of the molecule is C=CC(=O)OCC/C=C1/OC(=O)OC1(C)C. The van der Waals surface area contributed by atoms with Crippen LogP contribution in [-0.4, -0.2) is 24.3 Å². The fourth-order valence-electron chi connectivity index (χ4n) is 1.19. The summed E-state index contributed by atoms with van der Waals surface area (Å²) >= 11 is 0. The zero-order valence-electron chi connectivity index (χ0n) is 9.32. The third kappa shape index (κ3) is 3.12. The summed E-state index contributed by atoms with van der Waals surface area (Å²) < 4.78 is 14.5. The van der Waals surface area contributed by atoms with Gasteiger partial charge in [0.2, 0.25) is 0 Å². The highest BCUT2D eigenvalue weighted by Gasteiger charge is 2.38. The van der Waals surface area contributed by atoms with Crippen LogP contribution in [0.2, 0.25) is 0 Å². The van der Waals surface area contributed by atoms with Crippen LogP contribution in [0, 0.1) is 0 Å². The van der Waals surface area contributed by atoms with Gasteiger partial charge in [0.05, 0.1) is 6.61 Å². The molecule has 0 atom stereocenters. The maximum Gasteiger partial charge on any atom is 0.514 e. The predicted octanol–water partition coefficient (Wildman–Crippen LogP) is 1.93. The van der Waals surface area contributed by atoms with Gasteiger partial charge in [0, 0.05) is 12.5 Å². The number of carbonyl (C=O) groups is 2. The Bertz CT molecular complexity index is 340. The fraction of sp³-hybridized carbons (Fsp3) is 0.455. The summed E-state index contributed by atoms with van der Waals surface area (Å²) in [6.07, 6.45) is 2.51. The predicted molar refractivity (Wildman–Crippen MR) is 55.5 cm³/mol. The van der Waals surface area contributed by atoms with E-state index in [-0.39, 0.29) is 6.61 Å². The van der Waals surface area contributed by atoms with Crippen LogP contribution < -0.4 is 0 Å². The molecule has 1 rings (SSSR count). The molecule has 0 unspecified atom stereocenters. The van der Waals surface area contributed by atoms with Crippen LogP contribution in [0.4, 0.5) is 4.79 Å². The van der Waals surface area contributed by atoms with Crippen LogP contribution in [-0.2, 0) is 19.0 Å². The lowest BCUT2D eigenvalue weighted by molar-refractivity contribution is -0.137. The average Bonchev–Trinajstić information content (AvgIpc) is 2.46. The molecule has 0 N–H and O–H groups in total. The molecule has 5 heteroatoms. The summed E-state index contributed by atoms with van der Waals surface area (Å²) in [6.45, 7) is 6.92. The lowest BCUT2D eigenvalue weighted by atomic mass is 10.1. The van der Waals surface area contributed by atoms with E-state index >= 15 is 0 Å². The third-order valence-corrected chi connectivity index (χ3v) is 1.98. The summed E-state index contributed by atoms with van der Waals surface area (Å²) in [5.74, 6) is -0.0375. The first-order valence-corrected chi connectivity index (χ1v) is 4.86. The Labute approximate surface area is 93.7 Å². The maximum atomic E-state index is 10.9. The van der Waals surface area contributed by atoms with Crippen molar-refractivity contribution >= 4 is 12.1 Å². The highest BCUT2D eigenvalue weighted by atomic mass is 16.8. The second-order valence-electron chi connectivity index (χ2n) is 3.69. The Morgan fingerprint density at radius 3 is 2.75 bits per heavy atom. The van der Waals surface area contributed by atoms with Crippen LogP contribution in [0.5, 0.6) is 0 Å². The Morgan fingerprint density at radius 2 is 2.25 bits per heavy atom. The minimum Gasteiger partial charge on any atom is -0.462 e. The van der Waals surface area contributed by atoms with E-state index in [1.165, 1.54) is 0 Å². The van der Waals surface area contributed by atoms with Crippen molar-refractivity contribution in [3.8, 4) is 0 Å². The second-order valence-corrected chi connectivity index (χ2v) is 3.69. The topological polar surface area (TPSA) is 61.8 Å². The summed E-state index contributed by atoms with van der Waals surface area (Å²) in [5, 5.41) is 0. The second kappa shape index (κ2) is 4.83. The van der Waals surface area contributed by atoms with Crippen molar-refractivity contribution in [1.82, 2.24) is 0 Å². The number of hydrogen-bond donors (Lipinski definition) is 0. The number of carbonyl (C=O) groups excluding carboxylic acids is 2. The lowest BCUT2D eigenvalue weighted by Gasteiger charge is -2.13. The van der Waals surface area contributed by atoms with Crippen LogP contribution in [0.1, 0.15) is 20.3 Å². The van der Waals surface area contributed by atoms with Crippen molar-refractivity contribution in [1.29, 1.82) is 0 Å². The quantitative estimate of drug-likeness (QED) is 0.416. The van der Waals surface area contributed by atoms with Gasteiger partial charge in [0.25, 0.3) is 0 Å². The van der Waals surface area contributed by atoms with Gasteiger partial charge in [-0.05, 0) is 19.9 Å². The molecular weight excluding hydrogens is 212 g/mol. The van der Waals surface area contributed by atoms with Crippen molar-refractivity contribution in [3.63, 3.8) is 0 Å². The number of rotatable bonds is 4. The standard InChI is InChI=1S/C11H14O5/c1-4-9(12)14-7-5-6-8-11(2,3)16-10(13)15-8/h4,6H,1,5,7H2,2-3H3/b8-6+. The van der Waals surface area contributed by atoms with Gasteiger partial charge in [0.15, 0.2) is 11.4 Å². The molecule has 5 nitrogen and oxygen atoms in total. The molecule has 1 fully saturated rings. The Kier molecular flexibility index (Phi) is 3.71. The summed E-state index contributed by atoms with van der Waals surface area (Å²) in [6, 6.07) is 0. The molecular formula is C11H14O5. The molecule has 0 aliphatic carbocycles. The molecule has 0 amide bonds. The van der Waals surface area contributed by atoms with Crippen molar-refractivity contribution in [3.05, 3.63) is 24.5 Å². The van der Waals surface area contributed by atoms with Gasteiger partial charge in [-0.1, -0.05) is 6.58 Å². The van der Waals surface area contributed by atoms with Crippen LogP contribution in [0.15, 0.2) is 24.5 Å². The van der Waals surface area contributed by atoms with E-state index in [2.05, 4.69) is 6.58 Å². The van der Waals surface area contributed by atoms with E-state index in [0.29, 0.717) is 12.2 Å². The Balaban J connectivity index is 2.43. The Hall–Kier alpha value is -1.78. The summed E-state index contributed by atoms with van der Waals surface area (Å²) in [7, 11) is 0. The average molecular weight is 226 g/mol.